The molecule has 1 saturated carbocycles. The highest BCUT2D eigenvalue weighted by Crippen LogP contribution is 2.33. The molecule has 1 aromatic heterocycles. The van der Waals surface area contributed by atoms with Crippen LogP contribution in [-0.2, 0) is 11.3 Å². The summed E-state index contributed by atoms with van der Waals surface area (Å²) >= 11 is 5.93. The number of amides is 1. The molecule has 5 nitrogen and oxygen atoms in total. The molecule has 0 radical (unpaired) electrons. The third-order valence-corrected chi connectivity index (χ3v) is 4.40. The Morgan fingerprint density at radius 2 is 2.29 bits per heavy atom. The minimum absolute atomic E-state index is 0.289. The van der Waals surface area contributed by atoms with Crippen molar-refractivity contribution in [2.45, 2.75) is 51.6 Å². The van der Waals surface area contributed by atoms with Crippen molar-refractivity contribution in [1.82, 2.24) is 9.88 Å². The first-order valence-electron chi connectivity index (χ1n) is 7.29. The number of aryl methyl sites for hydroxylation is 1. The van der Waals surface area contributed by atoms with Crippen LogP contribution in [-0.4, -0.2) is 27.1 Å². The van der Waals surface area contributed by atoms with Gasteiger partial charge in [-0.3, -0.25) is 4.79 Å². The number of carboxylic acids is 1. The van der Waals surface area contributed by atoms with Crippen molar-refractivity contribution in [3.8, 4) is 0 Å². The van der Waals surface area contributed by atoms with E-state index in [1.807, 2.05) is 13.8 Å². The second-order valence-corrected chi connectivity index (χ2v) is 6.31. The summed E-state index contributed by atoms with van der Waals surface area (Å²) in [6.45, 7) is 4.53. The van der Waals surface area contributed by atoms with Crippen molar-refractivity contribution in [3.63, 3.8) is 0 Å². The summed E-state index contributed by atoms with van der Waals surface area (Å²) in [4.78, 5) is 24.2. The van der Waals surface area contributed by atoms with Gasteiger partial charge in [-0.2, -0.15) is 0 Å². The number of hydrogen-bond donors (Lipinski definition) is 2. The number of halogens is 1. The van der Waals surface area contributed by atoms with E-state index in [4.69, 9.17) is 11.6 Å². The maximum atomic E-state index is 12.5. The topological polar surface area (TPSA) is 71.3 Å². The molecule has 1 aliphatic rings. The Labute approximate surface area is 129 Å². The smallest absolute Gasteiger partial charge is 0.329 e. The SMILES string of the molecule is CCn1cc(Cl)cc1C(=O)NC1(C(=O)O)CCCC(C)C1. The van der Waals surface area contributed by atoms with Crippen molar-refractivity contribution in [1.29, 1.82) is 0 Å². The van der Waals surface area contributed by atoms with Crippen molar-refractivity contribution >= 4 is 23.5 Å². The van der Waals surface area contributed by atoms with Crippen molar-refractivity contribution in [3.05, 3.63) is 23.0 Å². The van der Waals surface area contributed by atoms with Gasteiger partial charge in [0.15, 0.2) is 0 Å². The molecule has 1 amide bonds. The van der Waals surface area contributed by atoms with Crippen LogP contribution in [0.4, 0.5) is 0 Å². The molecule has 1 fully saturated rings. The number of nitrogens with zero attached hydrogens (tertiary/aromatic N) is 1. The average molecular weight is 313 g/mol. The number of aliphatic carboxylic acids is 1. The van der Waals surface area contributed by atoms with E-state index in [-0.39, 0.29) is 11.8 Å². The number of carboxylic acid groups (broad SMARTS) is 1. The average Bonchev–Trinajstić information content (AvgIpc) is 2.80. The fourth-order valence-electron chi connectivity index (χ4n) is 3.12. The molecule has 0 aliphatic heterocycles. The number of aromatic nitrogens is 1. The fraction of sp³-hybridized carbons (Fsp3) is 0.600. The van der Waals surface area contributed by atoms with E-state index in [2.05, 4.69) is 5.32 Å². The molecule has 0 spiro atoms. The van der Waals surface area contributed by atoms with Crippen LogP contribution in [0, 0.1) is 5.92 Å². The summed E-state index contributed by atoms with van der Waals surface area (Å²) in [5.41, 5.74) is -0.759. The molecule has 2 unspecified atom stereocenters. The van der Waals surface area contributed by atoms with E-state index in [0.717, 1.165) is 12.8 Å². The molecule has 2 N–H and O–H groups in total. The zero-order valence-corrected chi connectivity index (χ0v) is 13.1. The lowest BCUT2D eigenvalue weighted by atomic mass is 9.76. The predicted molar refractivity (Wildman–Crippen MR) is 80.6 cm³/mol. The van der Waals surface area contributed by atoms with Crippen LogP contribution in [0.2, 0.25) is 5.02 Å². The maximum Gasteiger partial charge on any atom is 0.329 e. The fourth-order valence-corrected chi connectivity index (χ4v) is 3.34. The van der Waals surface area contributed by atoms with Gasteiger partial charge in [0.05, 0.1) is 5.02 Å². The van der Waals surface area contributed by atoms with Gasteiger partial charge < -0.3 is 15.0 Å². The molecule has 0 saturated heterocycles. The molecule has 2 atom stereocenters. The van der Waals surface area contributed by atoms with Crippen LogP contribution in [0.5, 0.6) is 0 Å². The van der Waals surface area contributed by atoms with Gasteiger partial charge in [0.2, 0.25) is 0 Å². The molecule has 6 heteroatoms. The van der Waals surface area contributed by atoms with Gasteiger partial charge in [-0.1, -0.05) is 31.4 Å². The standard InChI is InChI=1S/C15H21ClN2O3/c1-3-18-9-11(16)7-12(18)13(19)17-15(14(20)21)6-4-5-10(2)8-15/h7,9-10H,3-6,8H2,1-2H3,(H,17,19)(H,20,21). The zero-order chi connectivity index (χ0) is 15.6. The van der Waals surface area contributed by atoms with Gasteiger partial charge in [-0.05, 0) is 31.7 Å². The van der Waals surface area contributed by atoms with E-state index in [9.17, 15) is 14.7 Å². The third kappa shape index (κ3) is 3.23. The Balaban J connectivity index is 2.24. The van der Waals surface area contributed by atoms with Crippen LogP contribution in [0.15, 0.2) is 12.3 Å². The first-order chi connectivity index (χ1) is 9.88. The number of carbonyl (C=O) groups excluding carboxylic acids is 1. The Kier molecular flexibility index (Phi) is 4.61. The summed E-state index contributed by atoms with van der Waals surface area (Å²) in [7, 11) is 0. The summed E-state index contributed by atoms with van der Waals surface area (Å²) in [6, 6.07) is 1.57. The van der Waals surface area contributed by atoms with Crippen LogP contribution >= 0.6 is 11.6 Å². The summed E-state index contributed by atoms with van der Waals surface area (Å²) in [6.07, 6.45) is 4.42. The molecular weight excluding hydrogens is 292 g/mol. The minimum Gasteiger partial charge on any atom is -0.480 e. The molecular formula is C15H21ClN2O3. The molecule has 1 aromatic rings. The van der Waals surface area contributed by atoms with Crippen LogP contribution in [0.25, 0.3) is 0 Å². The molecule has 1 heterocycles. The quantitative estimate of drug-likeness (QED) is 0.898. The lowest BCUT2D eigenvalue weighted by Gasteiger charge is -2.37. The van der Waals surface area contributed by atoms with Crippen molar-refractivity contribution in [2.24, 2.45) is 5.92 Å². The molecule has 116 valence electrons. The second-order valence-electron chi connectivity index (χ2n) is 5.87. The minimum atomic E-state index is -1.16. The van der Waals surface area contributed by atoms with Gasteiger partial charge in [0, 0.05) is 12.7 Å². The van der Waals surface area contributed by atoms with E-state index < -0.39 is 11.5 Å². The first-order valence-corrected chi connectivity index (χ1v) is 7.67. The number of rotatable bonds is 4. The van der Waals surface area contributed by atoms with E-state index in [0.29, 0.717) is 30.1 Å². The van der Waals surface area contributed by atoms with Gasteiger partial charge >= 0.3 is 5.97 Å². The Morgan fingerprint density at radius 1 is 1.57 bits per heavy atom. The largest absolute Gasteiger partial charge is 0.480 e. The highest BCUT2D eigenvalue weighted by molar-refractivity contribution is 6.31. The zero-order valence-electron chi connectivity index (χ0n) is 12.4. The monoisotopic (exact) mass is 312 g/mol. The Bertz CT molecular complexity index is 555. The molecule has 0 bridgehead atoms. The number of hydrogen-bond acceptors (Lipinski definition) is 2. The predicted octanol–water partition coefficient (Wildman–Crippen LogP) is 2.92. The molecule has 21 heavy (non-hydrogen) atoms. The number of carbonyl (C=O) groups is 2. The van der Waals surface area contributed by atoms with Crippen molar-refractivity contribution < 1.29 is 14.7 Å². The van der Waals surface area contributed by atoms with Crippen LogP contribution in [0.1, 0.15) is 50.0 Å². The molecule has 1 aliphatic carbocycles. The van der Waals surface area contributed by atoms with Crippen molar-refractivity contribution in [2.75, 3.05) is 0 Å². The second kappa shape index (κ2) is 6.10. The summed E-state index contributed by atoms with van der Waals surface area (Å²) in [5, 5.41) is 12.8. The number of nitrogens with one attached hydrogen (secondary N) is 1. The highest BCUT2D eigenvalue weighted by Gasteiger charge is 2.43. The van der Waals surface area contributed by atoms with E-state index in [1.165, 1.54) is 0 Å². The first kappa shape index (κ1) is 15.9. The maximum absolute atomic E-state index is 12.5. The van der Waals surface area contributed by atoms with Gasteiger partial charge in [0.1, 0.15) is 11.2 Å². The van der Waals surface area contributed by atoms with Gasteiger partial charge in [-0.15, -0.1) is 0 Å². The van der Waals surface area contributed by atoms with Gasteiger partial charge in [-0.25, -0.2) is 4.79 Å². The highest BCUT2D eigenvalue weighted by atomic mass is 35.5. The Hall–Kier alpha value is -1.49. The summed E-state index contributed by atoms with van der Waals surface area (Å²) in [5.74, 6) is -1.04. The molecule has 2 rings (SSSR count). The van der Waals surface area contributed by atoms with E-state index in [1.54, 1.807) is 16.8 Å². The summed E-state index contributed by atoms with van der Waals surface area (Å²) < 4.78 is 1.72. The molecule has 0 aromatic carbocycles. The Morgan fingerprint density at radius 3 is 2.86 bits per heavy atom. The van der Waals surface area contributed by atoms with E-state index >= 15 is 0 Å². The lowest BCUT2D eigenvalue weighted by molar-refractivity contribution is -0.146. The third-order valence-electron chi connectivity index (χ3n) is 4.20. The van der Waals surface area contributed by atoms with Gasteiger partial charge in [0.25, 0.3) is 5.91 Å². The van der Waals surface area contributed by atoms with Crippen LogP contribution in [0.3, 0.4) is 0 Å². The van der Waals surface area contributed by atoms with Crippen LogP contribution < -0.4 is 5.32 Å². The lowest BCUT2D eigenvalue weighted by Crippen LogP contribution is -2.57. The normalized spacial score (nSPS) is 25.6.